The van der Waals surface area contributed by atoms with E-state index in [0.717, 1.165) is 19.3 Å². The highest BCUT2D eigenvalue weighted by Crippen LogP contribution is 2.58. The quantitative estimate of drug-likeness (QED) is 0.528. The first-order chi connectivity index (χ1) is 9.82. The minimum absolute atomic E-state index is 0.0749. The maximum Gasteiger partial charge on any atom is 0.0843 e. The molecule has 116 valence electrons. The monoisotopic (exact) mass is 286 g/mol. The molecule has 0 N–H and O–H groups in total. The zero-order chi connectivity index (χ0) is 15.3. The first kappa shape index (κ1) is 15.1. The van der Waals surface area contributed by atoms with Crippen LogP contribution in [0.15, 0.2) is 35.5 Å². The van der Waals surface area contributed by atoms with Crippen LogP contribution in [0.2, 0.25) is 0 Å². The highest BCUT2D eigenvalue weighted by molar-refractivity contribution is 5.33. The lowest BCUT2D eigenvalue weighted by Crippen LogP contribution is -2.31. The maximum atomic E-state index is 6.49. The van der Waals surface area contributed by atoms with Gasteiger partial charge in [0.05, 0.1) is 11.7 Å². The fourth-order valence-corrected chi connectivity index (χ4v) is 4.68. The van der Waals surface area contributed by atoms with E-state index in [4.69, 9.17) is 4.74 Å². The zero-order valence-electron chi connectivity index (χ0n) is 14.2. The summed E-state index contributed by atoms with van der Waals surface area (Å²) < 4.78 is 6.49. The predicted octanol–water partition coefficient (Wildman–Crippen LogP) is 5.58. The van der Waals surface area contributed by atoms with Crippen LogP contribution in [-0.2, 0) is 4.74 Å². The smallest absolute Gasteiger partial charge is 0.0843 e. The van der Waals surface area contributed by atoms with E-state index in [1.165, 1.54) is 30.4 Å². The lowest BCUT2D eigenvalue weighted by Gasteiger charge is -2.34. The summed E-state index contributed by atoms with van der Waals surface area (Å²) in [5, 5.41) is 0. The van der Waals surface area contributed by atoms with Crippen molar-refractivity contribution in [2.24, 2.45) is 11.3 Å². The Balaban J connectivity index is 1.95. The maximum absolute atomic E-state index is 6.49. The van der Waals surface area contributed by atoms with Crippen LogP contribution >= 0.6 is 0 Å². The highest BCUT2D eigenvalue weighted by atomic mass is 16.5. The standard InChI is InChI=1S/C20H30O/c1-14-7-6-8-15(2)13-17-18-16(19(3,4)21-17)10-12-20(18,5)11-9-14/h8,10,17-18H,1,6-7,9,11-13H2,2-5H3/b15-8+/t17-,18+,20-/m1/s1. The molecular formula is C20H30O. The molecule has 1 heteroatoms. The second-order valence-corrected chi connectivity index (χ2v) is 8.21. The van der Waals surface area contributed by atoms with Gasteiger partial charge in [-0.3, -0.25) is 0 Å². The van der Waals surface area contributed by atoms with Gasteiger partial charge in [-0.25, -0.2) is 0 Å². The summed E-state index contributed by atoms with van der Waals surface area (Å²) in [4.78, 5) is 0. The molecule has 1 saturated heterocycles. The van der Waals surface area contributed by atoms with Crippen molar-refractivity contribution in [2.75, 3.05) is 0 Å². The molecule has 0 aromatic carbocycles. The Hall–Kier alpha value is -0.820. The minimum Gasteiger partial charge on any atom is -0.367 e. The largest absolute Gasteiger partial charge is 0.367 e. The van der Waals surface area contributed by atoms with E-state index in [0.29, 0.717) is 17.4 Å². The van der Waals surface area contributed by atoms with Crippen molar-refractivity contribution in [3.05, 3.63) is 35.5 Å². The van der Waals surface area contributed by atoms with Gasteiger partial charge >= 0.3 is 0 Å². The first-order valence-electron chi connectivity index (χ1n) is 8.52. The molecule has 1 aliphatic heterocycles. The van der Waals surface area contributed by atoms with Crippen molar-refractivity contribution in [2.45, 2.75) is 77.9 Å². The summed E-state index contributed by atoms with van der Waals surface area (Å²) in [5.74, 6) is 0.599. The number of rotatable bonds is 0. The third-order valence-electron chi connectivity index (χ3n) is 5.95. The molecule has 0 spiro atoms. The Morgan fingerprint density at radius 3 is 2.71 bits per heavy atom. The topological polar surface area (TPSA) is 9.23 Å². The zero-order valence-corrected chi connectivity index (χ0v) is 14.2. The third kappa shape index (κ3) is 2.65. The van der Waals surface area contributed by atoms with Crippen LogP contribution in [0.25, 0.3) is 0 Å². The van der Waals surface area contributed by atoms with E-state index < -0.39 is 0 Å². The van der Waals surface area contributed by atoms with E-state index in [1.807, 2.05) is 0 Å². The average molecular weight is 286 g/mol. The van der Waals surface area contributed by atoms with Crippen LogP contribution in [0.3, 0.4) is 0 Å². The Morgan fingerprint density at radius 2 is 1.95 bits per heavy atom. The summed E-state index contributed by atoms with van der Waals surface area (Å²) in [6, 6.07) is 0. The average Bonchev–Trinajstić information content (AvgIpc) is 2.85. The lowest BCUT2D eigenvalue weighted by molar-refractivity contribution is -0.0291. The van der Waals surface area contributed by atoms with E-state index in [1.54, 1.807) is 5.57 Å². The van der Waals surface area contributed by atoms with Crippen LogP contribution in [-0.4, -0.2) is 11.7 Å². The van der Waals surface area contributed by atoms with Gasteiger partial charge in [-0.05, 0) is 70.3 Å². The van der Waals surface area contributed by atoms with Crippen molar-refractivity contribution in [3.63, 3.8) is 0 Å². The number of hydrogen-bond acceptors (Lipinski definition) is 1. The normalized spacial score (nSPS) is 41.8. The van der Waals surface area contributed by atoms with Gasteiger partial charge in [0, 0.05) is 5.92 Å². The molecule has 2 aliphatic carbocycles. The summed E-state index contributed by atoms with van der Waals surface area (Å²) in [6.07, 6.45) is 12.3. The molecule has 0 aromatic heterocycles. The van der Waals surface area contributed by atoms with Gasteiger partial charge in [0.25, 0.3) is 0 Å². The fraction of sp³-hybridized carbons (Fsp3) is 0.700. The van der Waals surface area contributed by atoms with Gasteiger partial charge in [-0.1, -0.05) is 36.8 Å². The third-order valence-corrected chi connectivity index (χ3v) is 5.95. The molecule has 1 fully saturated rings. The van der Waals surface area contributed by atoms with Crippen LogP contribution in [0.4, 0.5) is 0 Å². The van der Waals surface area contributed by atoms with Gasteiger partial charge in [-0.15, -0.1) is 0 Å². The van der Waals surface area contributed by atoms with Crippen LogP contribution in [0.1, 0.15) is 66.2 Å². The van der Waals surface area contributed by atoms with Gasteiger partial charge in [0.1, 0.15) is 0 Å². The van der Waals surface area contributed by atoms with E-state index >= 15 is 0 Å². The molecular weight excluding hydrogens is 256 g/mol. The van der Waals surface area contributed by atoms with Crippen molar-refractivity contribution in [1.82, 2.24) is 0 Å². The molecule has 0 bridgehead atoms. The Bertz CT molecular complexity index is 508. The molecule has 0 saturated carbocycles. The molecule has 0 unspecified atom stereocenters. The summed E-state index contributed by atoms with van der Waals surface area (Å²) in [5.41, 5.74) is 4.76. The number of allylic oxidation sites excluding steroid dienone is 3. The second-order valence-electron chi connectivity index (χ2n) is 8.21. The van der Waals surface area contributed by atoms with Crippen molar-refractivity contribution in [3.8, 4) is 0 Å². The molecule has 3 atom stereocenters. The fourth-order valence-electron chi connectivity index (χ4n) is 4.68. The summed E-state index contributed by atoms with van der Waals surface area (Å²) >= 11 is 0. The molecule has 1 nitrogen and oxygen atoms in total. The summed E-state index contributed by atoms with van der Waals surface area (Å²) in [7, 11) is 0. The molecule has 1 heterocycles. The van der Waals surface area contributed by atoms with Crippen LogP contribution < -0.4 is 0 Å². The van der Waals surface area contributed by atoms with Gasteiger partial charge < -0.3 is 4.74 Å². The number of ether oxygens (including phenoxy) is 1. The van der Waals surface area contributed by atoms with Gasteiger partial charge in [0.2, 0.25) is 0 Å². The van der Waals surface area contributed by atoms with Crippen molar-refractivity contribution < 1.29 is 4.74 Å². The van der Waals surface area contributed by atoms with E-state index in [-0.39, 0.29) is 5.60 Å². The van der Waals surface area contributed by atoms with Crippen molar-refractivity contribution in [1.29, 1.82) is 0 Å². The van der Waals surface area contributed by atoms with Gasteiger partial charge in [0.15, 0.2) is 0 Å². The Morgan fingerprint density at radius 1 is 1.19 bits per heavy atom. The minimum atomic E-state index is -0.0749. The molecule has 21 heavy (non-hydrogen) atoms. The predicted molar refractivity (Wildman–Crippen MR) is 89.2 cm³/mol. The summed E-state index contributed by atoms with van der Waals surface area (Å²) in [6.45, 7) is 13.5. The SMILES string of the molecule is C=C1CC/C=C(\C)C[C@H]2OC(C)(C)C3=CC[C@@](C)(CC1)[C@@H]32. The first-order valence-corrected chi connectivity index (χ1v) is 8.52. The van der Waals surface area contributed by atoms with Crippen LogP contribution in [0.5, 0.6) is 0 Å². The Kier molecular flexibility index (Phi) is 3.68. The van der Waals surface area contributed by atoms with Crippen LogP contribution in [0, 0.1) is 11.3 Å². The van der Waals surface area contributed by atoms with Gasteiger partial charge in [-0.2, -0.15) is 0 Å². The second kappa shape index (κ2) is 5.12. The molecule has 3 rings (SSSR count). The molecule has 0 aromatic rings. The Labute approximate surface area is 130 Å². The van der Waals surface area contributed by atoms with Crippen molar-refractivity contribution >= 4 is 0 Å². The van der Waals surface area contributed by atoms with E-state index in [2.05, 4.69) is 46.4 Å². The van der Waals surface area contributed by atoms with E-state index in [9.17, 15) is 0 Å². The highest BCUT2D eigenvalue weighted by Gasteiger charge is 2.54. The lowest BCUT2D eigenvalue weighted by atomic mass is 9.69. The molecule has 0 amide bonds. The molecule has 3 aliphatic rings. The number of hydrogen-bond donors (Lipinski definition) is 0. The molecule has 0 radical (unpaired) electrons.